The molecule has 1 aromatic heterocycles. The molecule has 0 aliphatic carbocycles. The fraction of sp³-hybridized carbons (Fsp3) is 0.500. The Kier molecular flexibility index (Phi) is 8.65. The SMILES string of the molecule is CN=C(NC)NCC(c1cccnc1)N(C)C.I. The summed E-state index contributed by atoms with van der Waals surface area (Å²) < 4.78 is 0. The molecule has 0 saturated carbocycles. The van der Waals surface area contributed by atoms with Gasteiger partial charge in [0.2, 0.25) is 0 Å². The van der Waals surface area contributed by atoms with Gasteiger partial charge in [-0.2, -0.15) is 0 Å². The van der Waals surface area contributed by atoms with Gasteiger partial charge in [-0.05, 0) is 25.7 Å². The van der Waals surface area contributed by atoms with Gasteiger partial charge in [0.15, 0.2) is 5.96 Å². The van der Waals surface area contributed by atoms with Crippen LogP contribution in [0.2, 0.25) is 0 Å². The Hall–Kier alpha value is -0.890. The summed E-state index contributed by atoms with van der Waals surface area (Å²) in [7, 11) is 7.72. The van der Waals surface area contributed by atoms with E-state index in [4.69, 9.17) is 0 Å². The summed E-state index contributed by atoms with van der Waals surface area (Å²) in [5, 5.41) is 6.27. The molecule has 0 spiro atoms. The molecule has 1 aromatic rings. The molecule has 0 fully saturated rings. The number of pyridine rings is 1. The van der Waals surface area contributed by atoms with Gasteiger partial charge in [-0.1, -0.05) is 6.07 Å². The zero-order chi connectivity index (χ0) is 12.7. The maximum atomic E-state index is 4.16. The number of nitrogens with zero attached hydrogens (tertiary/aromatic N) is 3. The van der Waals surface area contributed by atoms with Gasteiger partial charge in [-0.25, -0.2) is 0 Å². The normalized spacial score (nSPS) is 12.8. The second kappa shape index (κ2) is 9.09. The Balaban J connectivity index is 0.00000289. The zero-order valence-corrected chi connectivity index (χ0v) is 13.7. The molecule has 1 atom stereocenters. The van der Waals surface area contributed by atoms with E-state index in [0.717, 1.165) is 12.5 Å². The minimum Gasteiger partial charge on any atom is -0.359 e. The number of halogens is 1. The molecule has 1 rings (SSSR count). The van der Waals surface area contributed by atoms with Crippen LogP contribution in [0.15, 0.2) is 29.5 Å². The second-order valence-corrected chi connectivity index (χ2v) is 3.97. The highest BCUT2D eigenvalue weighted by atomic mass is 127. The summed E-state index contributed by atoms with van der Waals surface area (Å²) >= 11 is 0. The fourth-order valence-corrected chi connectivity index (χ4v) is 1.64. The van der Waals surface area contributed by atoms with Crippen molar-refractivity contribution in [3.05, 3.63) is 30.1 Å². The molecule has 0 aliphatic rings. The molecule has 2 N–H and O–H groups in total. The highest BCUT2D eigenvalue weighted by molar-refractivity contribution is 14.0. The van der Waals surface area contributed by atoms with Crippen LogP contribution in [-0.2, 0) is 0 Å². The van der Waals surface area contributed by atoms with Gasteiger partial charge in [0.1, 0.15) is 0 Å². The van der Waals surface area contributed by atoms with Crippen molar-refractivity contribution in [2.24, 2.45) is 4.99 Å². The van der Waals surface area contributed by atoms with E-state index in [0.29, 0.717) is 0 Å². The predicted octanol–water partition coefficient (Wildman–Crippen LogP) is 1.10. The second-order valence-electron chi connectivity index (χ2n) is 3.97. The highest BCUT2D eigenvalue weighted by Crippen LogP contribution is 2.15. The van der Waals surface area contributed by atoms with E-state index in [1.807, 2.05) is 19.3 Å². The average molecular weight is 363 g/mol. The zero-order valence-electron chi connectivity index (χ0n) is 11.3. The van der Waals surface area contributed by atoms with Gasteiger partial charge in [0.25, 0.3) is 0 Å². The average Bonchev–Trinajstić information content (AvgIpc) is 2.35. The molecule has 0 saturated heterocycles. The third kappa shape index (κ3) is 5.18. The van der Waals surface area contributed by atoms with Crippen molar-refractivity contribution >= 4 is 29.9 Å². The first-order chi connectivity index (χ1) is 8.19. The maximum Gasteiger partial charge on any atom is 0.190 e. The number of rotatable bonds is 4. The number of hydrogen-bond donors (Lipinski definition) is 2. The molecule has 18 heavy (non-hydrogen) atoms. The molecule has 1 unspecified atom stereocenters. The van der Waals surface area contributed by atoms with E-state index in [-0.39, 0.29) is 30.0 Å². The predicted molar refractivity (Wildman–Crippen MR) is 86.5 cm³/mol. The lowest BCUT2D eigenvalue weighted by Crippen LogP contribution is -2.40. The van der Waals surface area contributed by atoms with Crippen molar-refractivity contribution in [1.29, 1.82) is 0 Å². The van der Waals surface area contributed by atoms with Crippen molar-refractivity contribution < 1.29 is 0 Å². The van der Waals surface area contributed by atoms with Crippen LogP contribution < -0.4 is 10.6 Å². The smallest absolute Gasteiger partial charge is 0.190 e. The van der Waals surface area contributed by atoms with E-state index in [1.54, 1.807) is 13.2 Å². The van der Waals surface area contributed by atoms with Gasteiger partial charge < -0.3 is 15.5 Å². The largest absolute Gasteiger partial charge is 0.359 e. The van der Waals surface area contributed by atoms with Crippen molar-refractivity contribution in [1.82, 2.24) is 20.5 Å². The van der Waals surface area contributed by atoms with Crippen LogP contribution >= 0.6 is 24.0 Å². The summed E-state index contributed by atoms with van der Waals surface area (Å²) in [5.41, 5.74) is 1.19. The van der Waals surface area contributed by atoms with Crippen LogP contribution in [0.4, 0.5) is 0 Å². The van der Waals surface area contributed by atoms with E-state index in [2.05, 4.69) is 45.7 Å². The summed E-state index contributed by atoms with van der Waals surface area (Å²) in [6.45, 7) is 0.784. The van der Waals surface area contributed by atoms with E-state index in [1.165, 1.54) is 5.56 Å². The monoisotopic (exact) mass is 363 g/mol. The van der Waals surface area contributed by atoms with Crippen molar-refractivity contribution in [3.63, 3.8) is 0 Å². The molecule has 0 amide bonds. The van der Waals surface area contributed by atoms with Crippen LogP contribution in [0, 0.1) is 0 Å². The molecule has 0 aromatic carbocycles. The van der Waals surface area contributed by atoms with Crippen LogP contribution in [0.3, 0.4) is 0 Å². The molecule has 0 bridgehead atoms. The summed E-state index contributed by atoms with van der Waals surface area (Å²) in [4.78, 5) is 10.4. The molecule has 5 nitrogen and oxygen atoms in total. The molecular formula is C12H22IN5. The third-order valence-corrected chi connectivity index (χ3v) is 2.62. The first-order valence-electron chi connectivity index (χ1n) is 5.63. The van der Waals surface area contributed by atoms with Gasteiger partial charge in [-0.3, -0.25) is 9.98 Å². The van der Waals surface area contributed by atoms with Crippen LogP contribution in [0.25, 0.3) is 0 Å². The lowest BCUT2D eigenvalue weighted by molar-refractivity contribution is 0.297. The number of aromatic nitrogens is 1. The lowest BCUT2D eigenvalue weighted by atomic mass is 10.1. The van der Waals surface area contributed by atoms with Crippen LogP contribution in [0.1, 0.15) is 11.6 Å². The minimum absolute atomic E-state index is 0. The standard InChI is InChI=1S/C12H21N5.HI/c1-13-12(14-2)16-9-11(17(3)4)10-6-5-7-15-8-10;/h5-8,11H,9H2,1-4H3,(H2,13,14,16);1H. The third-order valence-electron chi connectivity index (χ3n) is 2.62. The van der Waals surface area contributed by atoms with Gasteiger partial charge in [-0.15, -0.1) is 24.0 Å². The topological polar surface area (TPSA) is 52.6 Å². The Bertz CT molecular complexity index is 353. The summed E-state index contributed by atoms with van der Waals surface area (Å²) in [6, 6.07) is 4.31. The fourth-order valence-electron chi connectivity index (χ4n) is 1.64. The molecule has 102 valence electrons. The first kappa shape index (κ1) is 17.1. The lowest BCUT2D eigenvalue weighted by Gasteiger charge is -2.25. The first-order valence-corrected chi connectivity index (χ1v) is 5.63. The summed E-state index contributed by atoms with van der Waals surface area (Å²) in [6.07, 6.45) is 3.69. The molecule has 0 radical (unpaired) electrons. The highest BCUT2D eigenvalue weighted by Gasteiger charge is 2.14. The molecule has 1 heterocycles. The number of aliphatic imine (C=N–C) groups is 1. The minimum atomic E-state index is 0. The number of nitrogens with one attached hydrogen (secondary N) is 2. The Labute approximate surface area is 126 Å². The van der Waals surface area contributed by atoms with Crippen LogP contribution in [0.5, 0.6) is 0 Å². The van der Waals surface area contributed by atoms with Gasteiger partial charge >= 0.3 is 0 Å². The van der Waals surface area contributed by atoms with Crippen molar-refractivity contribution in [2.45, 2.75) is 6.04 Å². The van der Waals surface area contributed by atoms with Gasteiger partial charge in [0, 0.05) is 33.0 Å². The molecular weight excluding hydrogens is 341 g/mol. The van der Waals surface area contributed by atoms with E-state index >= 15 is 0 Å². The molecule has 6 heteroatoms. The number of hydrogen-bond acceptors (Lipinski definition) is 3. The van der Waals surface area contributed by atoms with Gasteiger partial charge in [0.05, 0.1) is 6.04 Å². The Morgan fingerprint density at radius 1 is 1.50 bits per heavy atom. The number of likely N-dealkylation sites (N-methyl/N-ethyl adjacent to an activating group) is 1. The van der Waals surface area contributed by atoms with Crippen LogP contribution in [-0.4, -0.2) is 50.6 Å². The number of guanidine groups is 1. The quantitative estimate of drug-likeness (QED) is 0.478. The van der Waals surface area contributed by atoms with Crippen molar-refractivity contribution in [2.75, 3.05) is 34.7 Å². The van der Waals surface area contributed by atoms with E-state index < -0.39 is 0 Å². The van der Waals surface area contributed by atoms with Crippen molar-refractivity contribution in [3.8, 4) is 0 Å². The Morgan fingerprint density at radius 3 is 2.67 bits per heavy atom. The maximum absolute atomic E-state index is 4.16. The molecule has 0 aliphatic heterocycles. The van der Waals surface area contributed by atoms with E-state index in [9.17, 15) is 0 Å². The Morgan fingerprint density at radius 2 is 2.22 bits per heavy atom. The summed E-state index contributed by atoms with van der Waals surface area (Å²) in [5.74, 6) is 0.792.